The number of esters is 1. The number of benzene rings is 1. The second-order valence-corrected chi connectivity index (χ2v) is 7.60. The van der Waals surface area contributed by atoms with Crippen molar-refractivity contribution in [2.75, 3.05) is 31.2 Å². The molecule has 1 aromatic carbocycles. The SMILES string of the molecule is O=C(OCCOc1ccccc1Cl)C1CCN(c2ccc3nnc(C(F)(F)F)n3n2)CC1. The molecule has 3 aromatic rings. The van der Waals surface area contributed by atoms with Crippen molar-refractivity contribution in [1.82, 2.24) is 19.8 Å². The molecule has 0 saturated carbocycles. The van der Waals surface area contributed by atoms with E-state index in [1.54, 1.807) is 30.3 Å². The smallest absolute Gasteiger partial charge is 0.453 e. The fourth-order valence-corrected chi connectivity index (χ4v) is 3.63. The fourth-order valence-electron chi connectivity index (χ4n) is 3.44. The van der Waals surface area contributed by atoms with Crippen LogP contribution in [0.5, 0.6) is 5.75 Å². The number of carbonyl (C=O) groups excluding carboxylic acids is 1. The molecule has 0 aliphatic carbocycles. The maximum absolute atomic E-state index is 13.1. The molecule has 0 bridgehead atoms. The number of para-hydroxylation sites is 1. The first-order valence-corrected chi connectivity index (χ1v) is 10.3. The monoisotopic (exact) mass is 469 g/mol. The van der Waals surface area contributed by atoms with Crippen molar-refractivity contribution < 1.29 is 27.4 Å². The predicted molar refractivity (Wildman–Crippen MR) is 109 cm³/mol. The molecule has 1 fully saturated rings. The number of alkyl halides is 3. The van der Waals surface area contributed by atoms with Gasteiger partial charge in [-0.25, -0.2) is 0 Å². The Hall–Kier alpha value is -3.08. The summed E-state index contributed by atoms with van der Waals surface area (Å²) in [6.07, 6.45) is -3.66. The van der Waals surface area contributed by atoms with Crippen LogP contribution in [-0.2, 0) is 15.7 Å². The van der Waals surface area contributed by atoms with E-state index in [0.717, 1.165) is 0 Å². The van der Waals surface area contributed by atoms with E-state index in [-0.39, 0.29) is 30.7 Å². The number of halogens is 4. The Labute approximate surface area is 185 Å². The fraction of sp³-hybridized carbons (Fsp3) is 0.400. The van der Waals surface area contributed by atoms with Crippen LogP contribution in [0.3, 0.4) is 0 Å². The first kappa shape index (κ1) is 22.1. The van der Waals surface area contributed by atoms with Crippen molar-refractivity contribution in [2.24, 2.45) is 5.92 Å². The van der Waals surface area contributed by atoms with Gasteiger partial charge in [0.1, 0.15) is 24.8 Å². The summed E-state index contributed by atoms with van der Waals surface area (Å²) in [5.74, 6) is -0.913. The van der Waals surface area contributed by atoms with Crippen molar-refractivity contribution in [3.8, 4) is 5.75 Å². The third-order valence-corrected chi connectivity index (χ3v) is 5.39. The third kappa shape index (κ3) is 4.87. The van der Waals surface area contributed by atoms with Crippen LogP contribution in [0, 0.1) is 5.92 Å². The van der Waals surface area contributed by atoms with Crippen LogP contribution in [0.4, 0.5) is 19.0 Å². The molecule has 12 heteroatoms. The van der Waals surface area contributed by atoms with E-state index in [0.29, 0.717) is 47.0 Å². The molecule has 0 radical (unpaired) electrons. The number of ether oxygens (including phenoxy) is 2. The van der Waals surface area contributed by atoms with Gasteiger partial charge < -0.3 is 14.4 Å². The zero-order chi connectivity index (χ0) is 22.7. The standard InChI is InChI=1S/C20H19ClF3N5O3/c21-14-3-1-2-4-15(14)31-11-12-32-18(30)13-7-9-28(10-8-13)17-6-5-16-25-26-19(20(22,23)24)29(16)27-17/h1-6,13H,7-12H2. The van der Waals surface area contributed by atoms with Gasteiger partial charge in [-0.05, 0) is 37.1 Å². The average Bonchev–Trinajstić information content (AvgIpc) is 3.22. The van der Waals surface area contributed by atoms with Gasteiger partial charge in [0.25, 0.3) is 5.82 Å². The van der Waals surface area contributed by atoms with Gasteiger partial charge in [-0.3, -0.25) is 4.79 Å². The predicted octanol–water partition coefficient (Wildman–Crippen LogP) is 3.64. The third-order valence-electron chi connectivity index (χ3n) is 5.08. The molecule has 4 rings (SSSR count). The molecular formula is C20H19ClF3N5O3. The van der Waals surface area contributed by atoms with Crippen LogP contribution in [0.25, 0.3) is 5.65 Å². The van der Waals surface area contributed by atoms with Crippen LogP contribution in [-0.4, -0.2) is 52.1 Å². The van der Waals surface area contributed by atoms with Gasteiger partial charge in [-0.15, -0.1) is 15.3 Å². The molecule has 1 aliphatic heterocycles. The molecule has 3 heterocycles. The maximum Gasteiger partial charge on any atom is 0.453 e. The molecule has 2 aromatic heterocycles. The molecule has 0 amide bonds. The largest absolute Gasteiger partial charge is 0.488 e. The van der Waals surface area contributed by atoms with E-state index >= 15 is 0 Å². The summed E-state index contributed by atoms with van der Waals surface area (Å²) in [4.78, 5) is 14.2. The number of hydrogen-bond donors (Lipinski definition) is 0. The summed E-state index contributed by atoms with van der Waals surface area (Å²) < 4.78 is 50.7. The number of fused-ring (bicyclic) bond motifs is 1. The zero-order valence-corrected chi connectivity index (χ0v) is 17.5. The topological polar surface area (TPSA) is 81.9 Å². The first-order valence-electron chi connectivity index (χ1n) is 9.91. The Morgan fingerprint density at radius 3 is 2.56 bits per heavy atom. The minimum Gasteiger partial charge on any atom is -0.488 e. The summed E-state index contributed by atoms with van der Waals surface area (Å²) in [6, 6.07) is 10.0. The number of nitrogens with zero attached hydrogens (tertiary/aromatic N) is 5. The summed E-state index contributed by atoms with van der Waals surface area (Å²) in [6.45, 7) is 1.19. The second-order valence-electron chi connectivity index (χ2n) is 7.19. The molecular weight excluding hydrogens is 451 g/mol. The lowest BCUT2D eigenvalue weighted by molar-refractivity contribution is -0.150. The Morgan fingerprint density at radius 1 is 1.09 bits per heavy atom. The minimum atomic E-state index is -4.66. The van der Waals surface area contributed by atoms with Crippen LogP contribution < -0.4 is 9.64 Å². The van der Waals surface area contributed by atoms with E-state index < -0.39 is 12.0 Å². The molecule has 1 saturated heterocycles. The first-order chi connectivity index (χ1) is 15.3. The number of hydrogen-bond acceptors (Lipinski definition) is 7. The van der Waals surface area contributed by atoms with Gasteiger partial charge in [0.2, 0.25) is 0 Å². The van der Waals surface area contributed by atoms with Crippen molar-refractivity contribution >= 4 is 29.0 Å². The average molecular weight is 470 g/mol. The zero-order valence-electron chi connectivity index (χ0n) is 16.8. The molecule has 0 unspecified atom stereocenters. The lowest BCUT2D eigenvalue weighted by Crippen LogP contribution is -2.38. The number of piperidine rings is 1. The summed E-state index contributed by atoms with van der Waals surface area (Å²) in [5.41, 5.74) is 0.0125. The van der Waals surface area contributed by atoms with Crippen molar-refractivity contribution in [1.29, 1.82) is 0 Å². The molecule has 0 N–H and O–H groups in total. The van der Waals surface area contributed by atoms with Crippen LogP contribution >= 0.6 is 11.6 Å². The van der Waals surface area contributed by atoms with Gasteiger partial charge in [0.05, 0.1) is 10.9 Å². The maximum atomic E-state index is 13.1. The molecule has 170 valence electrons. The highest BCUT2D eigenvalue weighted by atomic mass is 35.5. The lowest BCUT2D eigenvalue weighted by Gasteiger charge is -2.31. The van der Waals surface area contributed by atoms with Gasteiger partial charge in [-0.1, -0.05) is 23.7 Å². The lowest BCUT2D eigenvalue weighted by atomic mass is 9.97. The minimum absolute atomic E-state index is 0.0125. The molecule has 32 heavy (non-hydrogen) atoms. The van der Waals surface area contributed by atoms with Crippen LogP contribution in [0.1, 0.15) is 18.7 Å². The van der Waals surface area contributed by atoms with Crippen LogP contribution in [0.2, 0.25) is 5.02 Å². The van der Waals surface area contributed by atoms with Gasteiger partial charge in [0, 0.05) is 13.1 Å². The normalized spacial score (nSPS) is 15.2. The Kier molecular flexibility index (Phi) is 6.35. The highest BCUT2D eigenvalue weighted by Crippen LogP contribution is 2.29. The highest BCUT2D eigenvalue weighted by molar-refractivity contribution is 6.32. The Balaban J connectivity index is 1.28. The summed E-state index contributed by atoms with van der Waals surface area (Å²) in [5, 5.41) is 11.2. The molecule has 0 atom stereocenters. The van der Waals surface area contributed by atoms with E-state index in [9.17, 15) is 18.0 Å². The van der Waals surface area contributed by atoms with Crippen molar-refractivity contribution in [2.45, 2.75) is 19.0 Å². The number of anilines is 1. The Bertz CT molecular complexity index is 1100. The quantitative estimate of drug-likeness (QED) is 0.402. The molecule has 8 nitrogen and oxygen atoms in total. The number of rotatable bonds is 6. The summed E-state index contributed by atoms with van der Waals surface area (Å²) >= 11 is 6.00. The molecule has 0 spiro atoms. The van der Waals surface area contributed by atoms with Crippen molar-refractivity contribution in [3.05, 3.63) is 47.2 Å². The van der Waals surface area contributed by atoms with E-state index in [4.69, 9.17) is 21.1 Å². The highest BCUT2D eigenvalue weighted by Gasteiger charge is 2.38. The van der Waals surface area contributed by atoms with E-state index in [1.165, 1.54) is 6.07 Å². The van der Waals surface area contributed by atoms with E-state index in [2.05, 4.69) is 15.3 Å². The van der Waals surface area contributed by atoms with Gasteiger partial charge >= 0.3 is 12.1 Å². The van der Waals surface area contributed by atoms with Gasteiger partial charge in [-0.2, -0.15) is 17.7 Å². The second kappa shape index (κ2) is 9.19. The molecule has 1 aliphatic rings. The van der Waals surface area contributed by atoms with Crippen molar-refractivity contribution in [3.63, 3.8) is 0 Å². The summed E-state index contributed by atoms with van der Waals surface area (Å²) in [7, 11) is 0. The van der Waals surface area contributed by atoms with Gasteiger partial charge in [0.15, 0.2) is 5.65 Å². The number of aromatic nitrogens is 4. The van der Waals surface area contributed by atoms with Crippen LogP contribution in [0.15, 0.2) is 36.4 Å². The number of carbonyl (C=O) groups is 1. The van der Waals surface area contributed by atoms with E-state index in [1.807, 2.05) is 4.90 Å². The Morgan fingerprint density at radius 2 is 1.84 bits per heavy atom.